The van der Waals surface area contributed by atoms with Gasteiger partial charge in [0.1, 0.15) is 0 Å². The standard InChI is InChI=1S/C17H21N4O2.Tl/c1-20(17(22)6-8-23-2)15-4-3-13-5-7-21(16(13)9-15)11-14-10-18-12-19-14;/h3-4,9-10,12H,5-8,11H2,1-2H3;/q-1;+1. The van der Waals surface area contributed by atoms with Crippen molar-refractivity contribution in [1.82, 2.24) is 7.36 Å². The van der Waals surface area contributed by atoms with E-state index in [0.29, 0.717) is 13.0 Å². The van der Waals surface area contributed by atoms with Crippen LogP contribution in [0.1, 0.15) is 17.7 Å². The van der Waals surface area contributed by atoms with E-state index in [1.807, 2.05) is 19.4 Å². The molecule has 0 aliphatic carbocycles. The van der Waals surface area contributed by atoms with Crippen LogP contribution in [0.5, 0.6) is 0 Å². The van der Waals surface area contributed by atoms with Crippen LogP contribution in [-0.4, -0.2) is 66.6 Å². The molecule has 1 aliphatic rings. The molecule has 0 bridgehead atoms. The Morgan fingerprint density at radius 2 is 2.29 bits per heavy atom. The van der Waals surface area contributed by atoms with Gasteiger partial charge in [-0.1, -0.05) is 0 Å². The Bertz CT molecular complexity index is 731. The predicted molar refractivity (Wildman–Crippen MR) is 94.5 cm³/mol. The number of methoxy groups -OCH3 is 1. The molecule has 24 heavy (non-hydrogen) atoms. The van der Waals surface area contributed by atoms with Crippen LogP contribution in [0.15, 0.2) is 30.7 Å². The number of carbonyl (C=O) groups is 1. The minimum atomic E-state index is 0.0667. The molecule has 1 aromatic heterocycles. The van der Waals surface area contributed by atoms with Gasteiger partial charge in [0.25, 0.3) is 0 Å². The molecule has 1 aromatic carbocycles. The molecule has 3 rings (SSSR count). The van der Waals surface area contributed by atoms with Crippen molar-refractivity contribution in [1.29, 1.82) is 0 Å². The second-order valence-electron chi connectivity index (χ2n) is 5.99. The van der Waals surface area contributed by atoms with Crippen molar-refractivity contribution in [2.45, 2.75) is 19.4 Å². The molecule has 0 saturated heterocycles. The number of carbonyl (C=O) groups excluding carboxylic acids is 1. The second kappa shape index (κ2) is 7.64. The van der Waals surface area contributed by atoms with Crippen molar-refractivity contribution in [3.05, 3.63) is 42.0 Å². The van der Waals surface area contributed by atoms with E-state index in [0.717, 1.165) is 57.0 Å². The first-order chi connectivity index (χ1) is 11.6. The Hall–Kier alpha value is -1.42. The van der Waals surface area contributed by atoms with Gasteiger partial charge in [0.05, 0.1) is 0 Å². The van der Waals surface area contributed by atoms with Gasteiger partial charge < -0.3 is 4.74 Å². The number of aromatic nitrogens is 2. The average molecular weight is 518 g/mol. The topological polar surface area (TPSA) is 50.6 Å². The summed E-state index contributed by atoms with van der Waals surface area (Å²) in [4.78, 5) is 20.7. The normalized spacial score (nSPS) is 13.1. The molecular weight excluding hydrogens is 497 g/mol. The zero-order valence-electron chi connectivity index (χ0n) is 14.1. The Morgan fingerprint density at radius 3 is 3.00 bits per heavy atom. The molecule has 0 unspecified atom stereocenters. The van der Waals surface area contributed by atoms with Crippen LogP contribution in [-0.2, 0) is 22.5 Å². The van der Waals surface area contributed by atoms with Crippen molar-refractivity contribution in [2.75, 3.05) is 37.1 Å². The van der Waals surface area contributed by atoms with Crippen LogP contribution in [0.25, 0.3) is 0 Å². The predicted octanol–water partition coefficient (Wildman–Crippen LogP) is 1.38. The van der Waals surface area contributed by atoms with Gasteiger partial charge in [0.2, 0.25) is 0 Å². The molecule has 2 heterocycles. The fourth-order valence-corrected chi connectivity index (χ4v) is 3.89. The van der Waals surface area contributed by atoms with Crippen molar-refractivity contribution < 1.29 is 9.53 Å². The molecule has 0 fully saturated rings. The van der Waals surface area contributed by atoms with Gasteiger partial charge in [-0.05, 0) is 0 Å². The molecule has 7 heteroatoms. The van der Waals surface area contributed by atoms with Gasteiger partial charge >= 0.3 is 147 Å². The van der Waals surface area contributed by atoms with Gasteiger partial charge in [-0.25, -0.2) is 0 Å². The molecule has 0 N–H and O–H groups in total. The van der Waals surface area contributed by atoms with E-state index in [1.165, 1.54) is 11.3 Å². The SMILES string of the molecule is COCCC(=O)N(C)c1ccc2c(c1)N(Cc1c[n]([Tl])cn1)CC2. The van der Waals surface area contributed by atoms with Gasteiger partial charge in [-0.15, -0.1) is 0 Å². The molecule has 0 radical (unpaired) electrons. The fraction of sp³-hybridized carbons (Fsp3) is 0.412. The zero-order valence-corrected chi connectivity index (χ0v) is 18.6. The zero-order chi connectivity index (χ0) is 17.1. The summed E-state index contributed by atoms with van der Waals surface area (Å²) < 4.78 is 7.13. The van der Waals surface area contributed by atoms with Crippen LogP contribution in [0.2, 0.25) is 0 Å². The Morgan fingerprint density at radius 1 is 1.46 bits per heavy atom. The van der Waals surface area contributed by atoms with Crippen LogP contribution < -0.4 is 9.80 Å². The number of nitrogens with zero attached hydrogens (tertiary/aromatic N) is 4. The summed E-state index contributed by atoms with van der Waals surface area (Å²) in [5.41, 5.74) is 4.57. The van der Waals surface area contributed by atoms with Gasteiger partial charge in [-0.2, -0.15) is 0 Å². The first kappa shape index (κ1) is 17.4. The maximum atomic E-state index is 12.2. The van der Waals surface area contributed by atoms with E-state index in [1.54, 1.807) is 12.0 Å². The molecule has 0 saturated carbocycles. The van der Waals surface area contributed by atoms with Crippen molar-refractivity contribution in [2.24, 2.45) is 0 Å². The summed E-state index contributed by atoms with van der Waals surface area (Å²) in [6.45, 7) is 2.26. The average Bonchev–Trinajstić information content (AvgIpc) is 3.18. The number of hydrogen-bond donors (Lipinski definition) is 0. The third-order valence-corrected chi connectivity index (χ3v) is 5.45. The molecule has 0 atom stereocenters. The van der Waals surface area contributed by atoms with E-state index in [2.05, 4.69) is 30.6 Å². The van der Waals surface area contributed by atoms with E-state index in [-0.39, 0.29) is 5.91 Å². The number of fused-ring (bicyclic) bond motifs is 1. The Balaban J connectivity index is 1.76. The van der Waals surface area contributed by atoms with E-state index in [4.69, 9.17) is 4.74 Å². The van der Waals surface area contributed by atoms with Crippen LogP contribution >= 0.6 is 0 Å². The summed E-state index contributed by atoms with van der Waals surface area (Å²) in [5, 5.41) is 0. The van der Waals surface area contributed by atoms with Crippen LogP contribution in [0, 0.1) is 0 Å². The quantitative estimate of drug-likeness (QED) is 0.544. The van der Waals surface area contributed by atoms with Gasteiger partial charge in [0.15, 0.2) is 0 Å². The summed E-state index contributed by atoms with van der Waals surface area (Å²) >= 11 is 0.750. The molecule has 0 spiro atoms. The third kappa shape index (κ3) is 3.80. The van der Waals surface area contributed by atoms with Crippen LogP contribution in [0.3, 0.4) is 0 Å². The molecule has 1 amide bonds. The van der Waals surface area contributed by atoms with E-state index >= 15 is 0 Å². The Kier molecular flexibility index (Phi) is 5.54. The third-order valence-electron chi connectivity index (χ3n) is 4.35. The number of rotatable bonds is 6. The maximum absolute atomic E-state index is 12.2. The fourth-order valence-electron chi connectivity index (χ4n) is 2.96. The molecule has 124 valence electrons. The molecule has 1 aliphatic heterocycles. The van der Waals surface area contributed by atoms with Crippen molar-refractivity contribution >= 4 is 43.3 Å². The first-order valence-corrected chi connectivity index (χ1v) is 10.0. The second-order valence-corrected chi connectivity index (χ2v) is 8.31. The number of anilines is 2. The minimum absolute atomic E-state index is 0.0667. The number of imidazole rings is 1. The number of benzene rings is 1. The van der Waals surface area contributed by atoms with Gasteiger partial charge in [0, 0.05) is 7.11 Å². The van der Waals surface area contributed by atoms with Crippen LogP contribution in [0.4, 0.5) is 11.4 Å². The molecular formula is C17H21N4O2Tl. The van der Waals surface area contributed by atoms with E-state index in [9.17, 15) is 4.79 Å². The monoisotopic (exact) mass is 518 g/mol. The summed E-state index contributed by atoms with van der Waals surface area (Å²) in [5.74, 6) is 0.0667. The summed E-state index contributed by atoms with van der Waals surface area (Å²) in [7, 11) is 3.43. The Labute approximate surface area is 158 Å². The van der Waals surface area contributed by atoms with Crippen molar-refractivity contribution in [3.63, 3.8) is 0 Å². The van der Waals surface area contributed by atoms with Crippen molar-refractivity contribution in [3.8, 4) is 0 Å². The number of amides is 1. The number of hydrogen-bond acceptors (Lipinski definition) is 4. The number of ether oxygens (including phenoxy) is 1. The first-order valence-electron chi connectivity index (χ1n) is 8.00. The summed E-state index contributed by atoms with van der Waals surface area (Å²) in [6, 6.07) is 6.28. The molecule has 6 nitrogen and oxygen atoms in total. The van der Waals surface area contributed by atoms with E-state index < -0.39 is 0 Å². The molecule has 2 aromatic rings. The van der Waals surface area contributed by atoms with Gasteiger partial charge in [-0.3, -0.25) is 0 Å². The summed E-state index contributed by atoms with van der Waals surface area (Å²) in [6.07, 6.45) is 5.45.